The number of nitrogens with one attached hydrogen (secondary N) is 1. The van der Waals surface area contributed by atoms with E-state index in [-0.39, 0.29) is 5.41 Å². The largest absolute Gasteiger partial charge is 0.453 e. The zero-order chi connectivity index (χ0) is 22.5. The molecule has 31 heavy (non-hydrogen) atoms. The van der Waals surface area contributed by atoms with Crippen molar-refractivity contribution < 1.29 is 19.4 Å². The third-order valence-corrected chi connectivity index (χ3v) is 5.05. The molecule has 3 rings (SSSR count). The van der Waals surface area contributed by atoms with Crippen molar-refractivity contribution in [1.29, 1.82) is 0 Å². The molecular weight excluding hydrogens is 390 g/mol. The number of amides is 1. The van der Waals surface area contributed by atoms with E-state index in [0.717, 1.165) is 5.56 Å². The van der Waals surface area contributed by atoms with Gasteiger partial charge in [-0.2, -0.15) is 0 Å². The molecule has 0 unspecified atom stereocenters. The van der Waals surface area contributed by atoms with E-state index < -0.39 is 24.1 Å². The first-order chi connectivity index (χ1) is 14.7. The SMILES string of the molecule is CC(C)(C)c1ccc(NC(=O)COC(=O)C(O)(c2ccccc2)c2ccccc2)cc1. The summed E-state index contributed by atoms with van der Waals surface area (Å²) >= 11 is 0. The van der Waals surface area contributed by atoms with Crippen LogP contribution >= 0.6 is 0 Å². The molecule has 0 aliphatic carbocycles. The van der Waals surface area contributed by atoms with Crippen molar-refractivity contribution in [3.8, 4) is 0 Å². The second-order valence-electron chi connectivity index (χ2n) is 8.39. The maximum atomic E-state index is 12.9. The lowest BCUT2D eigenvalue weighted by Gasteiger charge is -2.27. The monoisotopic (exact) mass is 417 g/mol. The summed E-state index contributed by atoms with van der Waals surface area (Å²) in [6.07, 6.45) is 0. The molecule has 0 aliphatic rings. The predicted octanol–water partition coefficient (Wildman–Crippen LogP) is 4.40. The average molecular weight is 418 g/mol. The fourth-order valence-electron chi connectivity index (χ4n) is 3.25. The highest BCUT2D eigenvalue weighted by atomic mass is 16.6. The van der Waals surface area contributed by atoms with Crippen LogP contribution in [0.3, 0.4) is 0 Å². The number of rotatable bonds is 6. The van der Waals surface area contributed by atoms with Crippen molar-refractivity contribution in [3.05, 3.63) is 102 Å². The number of carbonyl (C=O) groups excluding carboxylic acids is 2. The van der Waals surface area contributed by atoms with Crippen LogP contribution in [0, 0.1) is 0 Å². The summed E-state index contributed by atoms with van der Waals surface area (Å²) in [4.78, 5) is 25.3. The van der Waals surface area contributed by atoms with E-state index in [2.05, 4.69) is 26.1 Å². The second-order valence-corrected chi connectivity index (χ2v) is 8.39. The Balaban J connectivity index is 1.71. The Hall–Kier alpha value is -3.44. The second kappa shape index (κ2) is 9.14. The lowest BCUT2D eigenvalue weighted by atomic mass is 9.86. The van der Waals surface area contributed by atoms with Crippen LogP contribution in [-0.2, 0) is 25.3 Å². The molecule has 0 atom stereocenters. The van der Waals surface area contributed by atoms with Gasteiger partial charge in [0, 0.05) is 5.69 Å². The number of aliphatic hydroxyl groups is 1. The number of hydrogen-bond acceptors (Lipinski definition) is 4. The minimum absolute atomic E-state index is 0.0113. The molecule has 160 valence electrons. The zero-order valence-electron chi connectivity index (χ0n) is 18.0. The van der Waals surface area contributed by atoms with Gasteiger partial charge in [-0.15, -0.1) is 0 Å². The molecule has 3 aromatic carbocycles. The molecule has 0 fully saturated rings. The highest BCUT2D eigenvalue weighted by molar-refractivity contribution is 5.94. The predicted molar refractivity (Wildman–Crippen MR) is 121 cm³/mol. The van der Waals surface area contributed by atoms with Gasteiger partial charge in [-0.05, 0) is 34.2 Å². The first kappa shape index (κ1) is 22.2. The van der Waals surface area contributed by atoms with Gasteiger partial charge in [0.25, 0.3) is 5.91 Å². The van der Waals surface area contributed by atoms with E-state index in [1.807, 2.05) is 24.3 Å². The van der Waals surface area contributed by atoms with Crippen molar-refractivity contribution in [1.82, 2.24) is 0 Å². The lowest BCUT2D eigenvalue weighted by Crippen LogP contribution is -2.39. The fourth-order valence-corrected chi connectivity index (χ4v) is 3.25. The Morgan fingerprint density at radius 3 is 1.71 bits per heavy atom. The topological polar surface area (TPSA) is 75.6 Å². The van der Waals surface area contributed by atoms with E-state index >= 15 is 0 Å². The van der Waals surface area contributed by atoms with Crippen molar-refractivity contribution in [3.63, 3.8) is 0 Å². The van der Waals surface area contributed by atoms with Gasteiger partial charge in [0.1, 0.15) is 0 Å². The molecule has 0 spiro atoms. The first-order valence-corrected chi connectivity index (χ1v) is 10.1. The van der Waals surface area contributed by atoms with Crippen LogP contribution in [-0.4, -0.2) is 23.6 Å². The van der Waals surface area contributed by atoms with Crippen LogP contribution in [0.15, 0.2) is 84.9 Å². The smallest absolute Gasteiger partial charge is 0.348 e. The quantitative estimate of drug-likeness (QED) is 0.583. The molecule has 1 amide bonds. The molecule has 2 N–H and O–H groups in total. The summed E-state index contributed by atoms with van der Waals surface area (Å²) in [5, 5.41) is 14.0. The maximum Gasteiger partial charge on any atom is 0.348 e. The average Bonchev–Trinajstić information content (AvgIpc) is 2.78. The van der Waals surface area contributed by atoms with E-state index in [1.165, 1.54) is 0 Å². The van der Waals surface area contributed by atoms with Gasteiger partial charge in [-0.1, -0.05) is 93.6 Å². The highest BCUT2D eigenvalue weighted by Gasteiger charge is 2.41. The molecule has 0 saturated heterocycles. The summed E-state index contributed by atoms with van der Waals surface area (Å²) < 4.78 is 5.23. The van der Waals surface area contributed by atoms with Crippen LogP contribution in [0.1, 0.15) is 37.5 Å². The van der Waals surface area contributed by atoms with Gasteiger partial charge in [0.15, 0.2) is 6.61 Å². The van der Waals surface area contributed by atoms with Gasteiger partial charge in [-0.3, -0.25) is 4.79 Å². The molecule has 0 radical (unpaired) electrons. The zero-order valence-corrected chi connectivity index (χ0v) is 18.0. The maximum absolute atomic E-state index is 12.9. The number of hydrogen-bond donors (Lipinski definition) is 2. The van der Waals surface area contributed by atoms with Crippen molar-refractivity contribution in [2.75, 3.05) is 11.9 Å². The minimum atomic E-state index is -2.02. The van der Waals surface area contributed by atoms with Crippen LogP contribution in [0.4, 0.5) is 5.69 Å². The Kier molecular flexibility index (Phi) is 6.56. The van der Waals surface area contributed by atoms with Gasteiger partial charge in [0.05, 0.1) is 0 Å². The van der Waals surface area contributed by atoms with Gasteiger partial charge in [-0.25, -0.2) is 4.79 Å². The van der Waals surface area contributed by atoms with E-state index in [0.29, 0.717) is 16.8 Å². The number of carbonyl (C=O) groups is 2. The minimum Gasteiger partial charge on any atom is -0.453 e. The van der Waals surface area contributed by atoms with Gasteiger partial charge >= 0.3 is 5.97 Å². The van der Waals surface area contributed by atoms with Gasteiger partial charge in [0.2, 0.25) is 5.60 Å². The molecule has 5 heteroatoms. The summed E-state index contributed by atoms with van der Waals surface area (Å²) in [6.45, 7) is 5.82. The summed E-state index contributed by atoms with van der Waals surface area (Å²) in [5.74, 6) is -1.40. The molecule has 0 bridgehead atoms. The normalized spacial score (nSPS) is 11.6. The Labute approximate surface area is 182 Å². The fraction of sp³-hybridized carbons (Fsp3) is 0.231. The summed E-state index contributed by atoms with van der Waals surface area (Å²) in [6, 6.07) is 24.6. The Morgan fingerprint density at radius 1 is 0.774 bits per heavy atom. The molecule has 3 aromatic rings. The third-order valence-electron chi connectivity index (χ3n) is 5.05. The molecule has 5 nitrogen and oxygen atoms in total. The number of esters is 1. The van der Waals surface area contributed by atoms with E-state index in [9.17, 15) is 14.7 Å². The molecule has 0 saturated carbocycles. The number of ether oxygens (including phenoxy) is 1. The Bertz CT molecular complexity index is 983. The Morgan fingerprint density at radius 2 is 1.26 bits per heavy atom. The van der Waals surface area contributed by atoms with Crippen molar-refractivity contribution in [2.45, 2.75) is 31.8 Å². The first-order valence-electron chi connectivity index (χ1n) is 10.1. The standard InChI is InChI=1S/C26H27NO4/c1-25(2,3)19-14-16-22(17-15-19)27-23(28)18-31-24(29)26(30,20-10-6-4-7-11-20)21-12-8-5-9-13-21/h4-17,30H,18H2,1-3H3,(H,27,28). The van der Waals surface area contributed by atoms with Crippen LogP contribution in [0.2, 0.25) is 0 Å². The molecule has 0 aromatic heterocycles. The molecular formula is C26H27NO4. The number of anilines is 1. The van der Waals surface area contributed by atoms with Crippen LogP contribution in [0.5, 0.6) is 0 Å². The van der Waals surface area contributed by atoms with Gasteiger partial charge < -0.3 is 15.2 Å². The third kappa shape index (κ3) is 5.19. The highest BCUT2D eigenvalue weighted by Crippen LogP contribution is 2.31. The summed E-state index contributed by atoms with van der Waals surface area (Å²) in [5.41, 5.74) is 0.478. The van der Waals surface area contributed by atoms with Crippen LogP contribution < -0.4 is 5.32 Å². The van der Waals surface area contributed by atoms with Crippen molar-refractivity contribution in [2.24, 2.45) is 0 Å². The lowest BCUT2D eigenvalue weighted by molar-refractivity contribution is -0.163. The van der Waals surface area contributed by atoms with Crippen LogP contribution in [0.25, 0.3) is 0 Å². The molecule has 0 aliphatic heterocycles. The summed E-state index contributed by atoms with van der Waals surface area (Å²) in [7, 11) is 0. The van der Waals surface area contributed by atoms with E-state index in [1.54, 1.807) is 60.7 Å². The van der Waals surface area contributed by atoms with E-state index in [4.69, 9.17) is 4.74 Å². The molecule has 0 heterocycles. The number of benzene rings is 3. The van der Waals surface area contributed by atoms with Crippen molar-refractivity contribution >= 4 is 17.6 Å².